The van der Waals surface area contributed by atoms with Crippen molar-refractivity contribution in [3.8, 4) is 17.2 Å². The highest BCUT2D eigenvalue weighted by Gasteiger charge is 2.50. The van der Waals surface area contributed by atoms with Crippen LogP contribution in [0.1, 0.15) is 23.2 Å². The van der Waals surface area contributed by atoms with Crippen LogP contribution >= 0.6 is 0 Å². The number of carboxylic acids is 1. The molecule has 25 heavy (non-hydrogen) atoms. The van der Waals surface area contributed by atoms with Crippen molar-refractivity contribution in [3.63, 3.8) is 0 Å². The third kappa shape index (κ3) is 3.60. The molecule has 10 heteroatoms. The van der Waals surface area contributed by atoms with E-state index in [1.807, 2.05) is 0 Å². The molecule has 1 aliphatic carbocycles. The molecular weight excluding hydrogens is 340 g/mol. The zero-order chi connectivity index (χ0) is 18.9. The fourth-order valence-electron chi connectivity index (χ4n) is 2.61. The van der Waals surface area contributed by atoms with E-state index in [0.717, 1.165) is 12.1 Å². The molecule has 1 aliphatic rings. The number of esters is 1. The van der Waals surface area contributed by atoms with Gasteiger partial charge in [-0.15, -0.1) is 0 Å². The highest BCUT2D eigenvalue weighted by molar-refractivity contribution is 5.91. The molecule has 0 spiro atoms. The predicted molar refractivity (Wildman–Crippen MR) is 79.4 cm³/mol. The first kappa shape index (κ1) is 18.8. The second-order valence-corrected chi connectivity index (χ2v) is 5.79. The summed E-state index contributed by atoms with van der Waals surface area (Å²) in [5, 5.41) is 57.8. The monoisotopic (exact) mass is 358 g/mol. The largest absolute Gasteiger partial charge is 0.504 e. The molecule has 1 saturated carbocycles. The number of carbonyl (C=O) groups is 2. The summed E-state index contributed by atoms with van der Waals surface area (Å²) in [5.41, 5.74) is -2.61. The molecule has 0 amide bonds. The normalized spacial score (nSPS) is 29.0. The molecule has 0 aliphatic heterocycles. The number of hydrogen-bond donors (Lipinski definition) is 6. The SMILES string of the molecule is COc1cc(C(=O)OC2CC(O)(C(=O)O)CC(O)C2O)cc(O)c1O. The highest BCUT2D eigenvalue weighted by Crippen LogP contribution is 2.37. The number of phenols is 2. The number of benzene rings is 1. The van der Waals surface area contributed by atoms with Gasteiger partial charge < -0.3 is 40.1 Å². The third-order valence-electron chi connectivity index (χ3n) is 4.03. The lowest BCUT2D eigenvalue weighted by Gasteiger charge is -2.39. The Balaban J connectivity index is 2.24. The van der Waals surface area contributed by atoms with Crippen LogP contribution in [-0.2, 0) is 9.53 Å². The zero-order valence-corrected chi connectivity index (χ0v) is 13.1. The second-order valence-electron chi connectivity index (χ2n) is 5.79. The fourth-order valence-corrected chi connectivity index (χ4v) is 2.61. The summed E-state index contributed by atoms with van der Waals surface area (Å²) in [4.78, 5) is 23.3. The van der Waals surface area contributed by atoms with E-state index in [2.05, 4.69) is 0 Å². The summed E-state index contributed by atoms with van der Waals surface area (Å²) in [6.45, 7) is 0. The summed E-state index contributed by atoms with van der Waals surface area (Å²) in [5.74, 6) is -4.16. The lowest BCUT2D eigenvalue weighted by atomic mass is 9.79. The zero-order valence-electron chi connectivity index (χ0n) is 13.1. The lowest BCUT2D eigenvalue weighted by Crippen LogP contribution is -2.57. The van der Waals surface area contributed by atoms with Gasteiger partial charge in [0.1, 0.15) is 12.2 Å². The summed E-state index contributed by atoms with van der Waals surface area (Å²) in [6.07, 6.45) is -5.97. The minimum atomic E-state index is -2.36. The Bertz CT molecular complexity index is 687. The van der Waals surface area contributed by atoms with Crippen LogP contribution in [0.5, 0.6) is 17.2 Å². The molecule has 0 aromatic heterocycles. The Morgan fingerprint density at radius 3 is 2.40 bits per heavy atom. The van der Waals surface area contributed by atoms with Crippen LogP contribution < -0.4 is 4.74 Å². The molecule has 0 heterocycles. The van der Waals surface area contributed by atoms with Gasteiger partial charge in [0, 0.05) is 12.8 Å². The number of rotatable bonds is 4. The molecule has 6 N–H and O–H groups in total. The first-order chi connectivity index (χ1) is 11.6. The number of aromatic hydroxyl groups is 2. The van der Waals surface area contributed by atoms with Gasteiger partial charge in [-0.2, -0.15) is 0 Å². The van der Waals surface area contributed by atoms with Crippen LogP contribution in [-0.4, -0.2) is 73.6 Å². The average Bonchev–Trinajstić information content (AvgIpc) is 2.54. The number of hydrogen-bond acceptors (Lipinski definition) is 9. The van der Waals surface area contributed by atoms with Crippen LogP contribution in [0.3, 0.4) is 0 Å². The van der Waals surface area contributed by atoms with Gasteiger partial charge in [0.05, 0.1) is 18.8 Å². The Morgan fingerprint density at radius 1 is 1.20 bits per heavy atom. The van der Waals surface area contributed by atoms with Gasteiger partial charge in [-0.05, 0) is 12.1 Å². The van der Waals surface area contributed by atoms with Crippen LogP contribution in [0.4, 0.5) is 0 Å². The topological polar surface area (TPSA) is 174 Å². The molecule has 0 bridgehead atoms. The van der Waals surface area contributed by atoms with E-state index in [-0.39, 0.29) is 11.3 Å². The van der Waals surface area contributed by atoms with Gasteiger partial charge >= 0.3 is 11.9 Å². The van der Waals surface area contributed by atoms with Crippen molar-refractivity contribution in [1.29, 1.82) is 0 Å². The standard InChI is InChI=1S/C15H18O10/c1-24-9-3-6(2-7(16)11(9)18)13(20)25-10-5-15(23,14(21)22)4-8(17)12(10)19/h2-3,8,10,12,16-19,23H,4-5H2,1H3,(H,21,22). The number of carbonyl (C=O) groups excluding carboxylic acids is 1. The predicted octanol–water partition coefficient (Wildman–Crippen LogP) is -1.04. The Hall–Kier alpha value is -2.56. The molecule has 4 atom stereocenters. The Morgan fingerprint density at radius 2 is 1.84 bits per heavy atom. The fraction of sp³-hybridized carbons (Fsp3) is 0.467. The van der Waals surface area contributed by atoms with Gasteiger partial charge in [-0.25, -0.2) is 9.59 Å². The van der Waals surface area contributed by atoms with Crippen LogP contribution in [0.15, 0.2) is 12.1 Å². The van der Waals surface area contributed by atoms with Crippen molar-refractivity contribution in [2.24, 2.45) is 0 Å². The van der Waals surface area contributed by atoms with Gasteiger partial charge in [-0.1, -0.05) is 0 Å². The highest BCUT2D eigenvalue weighted by atomic mass is 16.6. The number of aliphatic hydroxyl groups excluding tert-OH is 2. The molecule has 1 aromatic carbocycles. The van der Waals surface area contributed by atoms with Gasteiger partial charge in [0.25, 0.3) is 0 Å². The Kier molecular flexibility index (Phi) is 5.07. The van der Waals surface area contributed by atoms with Crippen molar-refractivity contribution in [2.45, 2.75) is 36.8 Å². The number of carboxylic acid groups (broad SMARTS) is 1. The number of ether oxygens (including phenoxy) is 2. The van der Waals surface area contributed by atoms with Crippen LogP contribution in [0, 0.1) is 0 Å². The minimum Gasteiger partial charge on any atom is -0.504 e. The number of aliphatic carboxylic acids is 1. The average molecular weight is 358 g/mol. The third-order valence-corrected chi connectivity index (χ3v) is 4.03. The van der Waals surface area contributed by atoms with E-state index in [4.69, 9.17) is 14.6 Å². The number of phenolic OH excluding ortho intramolecular Hbond substituents is 2. The van der Waals surface area contributed by atoms with E-state index in [0.29, 0.717) is 0 Å². The maximum Gasteiger partial charge on any atom is 0.338 e. The molecule has 2 rings (SSSR count). The van der Waals surface area contributed by atoms with Gasteiger partial charge in [-0.3, -0.25) is 0 Å². The van der Waals surface area contributed by atoms with E-state index in [1.165, 1.54) is 7.11 Å². The summed E-state index contributed by atoms with van der Waals surface area (Å²) in [6, 6.07) is 1.95. The van der Waals surface area contributed by atoms with E-state index in [9.17, 15) is 35.1 Å². The Labute approximate surface area is 141 Å². The molecule has 4 unspecified atom stereocenters. The molecule has 138 valence electrons. The van der Waals surface area contributed by atoms with Gasteiger partial charge in [0.15, 0.2) is 17.1 Å². The minimum absolute atomic E-state index is 0.210. The smallest absolute Gasteiger partial charge is 0.338 e. The molecule has 1 aromatic rings. The second kappa shape index (κ2) is 6.75. The molecule has 1 fully saturated rings. The van der Waals surface area contributed by atoms with Crippen molar-refractivity contribution >= 4 is 11.9 Å². The van der Waals surface area contributed by atoms with Gasteiger partial charge in [0.2, 0.25) is 5.75 Å². The van der Waals surface area contributed by atoms with E-state index < -0.39 is 60.2 Å². The maximum absolute atomic E-state index is 12.2. The molecule has 10 nitrogen and oxygen atoms in total. The summed E-state index contributed by atoms with van der Waals surface area (Å²) < 4.78 is 9.76. The molecular formula is C15H18O10. The first-order valence-corrected chi connectivity index (χ1v) is 7.22. The number of methoxy groups -OCH3 is 1. The quantitative estimate of drug-likeness (QED) is 0.288. The molecule has 0 radical (unpaired) electrons. The maximum atomic E-state index is 12.2. The van der Waals surface area contributed by atoms with E-state index in [1.54, 1.807) is 0 Å². The molecule has 0 saturated heterocycles. The summed E-state index contributed by atoms with van der Waals surface area (Å²) in [7, 11) is 1.19. The van der Waals surface area contributed by atoms with Crippen LogP contribution in [0.25, 0.3) is 0 Å². The van der Waals surface area contributed by atoms with Crippen molar-refractivity contribution in [1.82, 2.24) is 0 Å². The van der Waals surface area contributed by atoms with Crippen molar-refractivity contribution in [3.05, 3.63) is 17.7 Å². The van der Waals surface area contributed by atoms with Crippen LogP contribution in [0.2, 0.25) is 0 Å². The van der Waals surface area contributed by atoms with Crippen molar-refractivity contribution in [2.75, 3.05) is 7.11 Å². The van der Waals surface area contributed by atoms with E-state index >= 15 is 0 Å². The first-order valence-electron chi connectivity index (χ1n) is 7.22. The lowest BCUT2D eigenvalue weighted by molar-refractivity contribution is -0.187. The number of aliphatic hydroxyl groups is 3. The van der Waals surface area contributed by atoms with Crippen molar-refractivity contribution < 1.29 is 49.7 Å². The summed E-state index contributed by atoms with van der Waals surface area (Å²) >= 11 is 0.